The van der Waals surface area contributed by atoms with Gasteiger partial charge in [-0.25, -0.2) is 0 Å². The number of rotatable bonds is 5. The molecule has 0 heterocycles. The number of hydrogen-bond acceptors (Lipinski definition) is 2. The van der Waals surface area contributed by atoms with Crippen LogP contribution in [-0.4, -0.2) is 18.0 Å². The Labute approximate surface area is 98.2 Å². The van der Waals surface area contributed by atoms with E-state index in [2.05, 4.69) is 12.2 Å². The molecule has 16 heavy (non-hydrogen) atoms. The van der Waals surface area contributed by atoms with E-state index in [9.17, 15) is 4.79 Å². The Kier molecular flexibility index (Phi) is 3.85. The van der Waals surface area contributed by atoms with Crippen LogP contribution >= 0.6 is 0 Å². The fourth-order valence-electron chi connectivity index (χ4n) is 2.79. The van der Waals surface area contributed by atoms with Crippen molar-refractivity contribution < 1.29 is 4.79 Å². The first-order valence-corrected chi connectivity index (χ1v) is 6.71. The minimum atomic E-state index is 0.0933. The highest BCUT2D eigenvalue weighted by atomic mass is 16.1. The third-order valence-electron chi connectivity index (χ3n) is 4.14. The Morgan fingerprint density at radius 2 is 1.88 bits per heavy atom. The molecule has 2 fully saturated rings. The van der Waals surface area contributed by atoms with Crippen LogP contribution in [0.4, 0.5) is 0 Å². The largest absolute Gasteiger partial charge is 0.353 e. The summed E-state index contributed by atoms with van der Waals surface area (Å²) < 4.78 is 0. The molecule has 0 saturated heterocycles. The molecule has 2 saturated carbocycles. The van der Waals surface area contributed by atoms with Crippen molar-refractivity contribution in [1.82, 2.24) is 5.32 Å². The maximum absolute atomic E-state index is 11.8. The van der Waals surface area contributed by atoms with Crippen LogP contribution in [0.15, 0.2) is 0 Å². The highest BCUT2D eigenvalue weighted by molar-refractivity contribution is 5.76. The predicted octanol–water partition coefficient (Wildman–Crippen LogP) is 1.81. The lowest BCUT2D eigenvalue weighted by Crippen LogP contribution is -2.40. The number of nitrogens with two attached hydrogens (primary N) is 1. The number of nitrogens with one attached hydrogen (secondary N) is 1. The molecule has 2 rings (SSSR count). The second-order valence-corrected chi connectivity index (χ2v) is 5.61. The monoisotopic (exact) mass is 224 g/mol. The first-order chi connectivity index (χ1) is 7.66. The van der Waals surface area contributed by atoms with Crippen LogP contribution in [0, 0.1) is 11.8 Å². The molecule has 0 spiro atoms. The van der Waals surface area contributed by atoms with Gasteiger partial charge in [0.2, 0.25) is 5.91 Å². The quantitative estimate of drug-likeness (QED) is 0.748. The molecule has 3 nitrogen and oxygen atoms in total. The molecule has 0 aromatic rings. The Bertz CT molecular complexity index is 244. The third-order valence-corrected chi connectivity index (χ3v) is 4.14. The van der Waals surface area contributed by atoms with Crippen LogP contribution in [-0.2, 0) is 4.79 Å². The molecule has 0 aliphatic heterocycles. The second-order valence-electron chi connectivity index (χ2n) is 5.61. The van der Waals surface area contributed by atoms with Gasteiger partial charge in [-0.05, 0) is 44.4 Å². The summed E-state index contributed by atoms with van der Waals surface area (Å²) in [4.78, 5) is 11.8. The van der Waals surface area contributed by atoms with E-state index < -0.39 is 0 Å². The fraction of sp³-hybridized carbons (Fsp3) is 0.923. The van der Waals surface area contributed by atoms with Crippen molar-refractivity contribution in [3.05, 3.63) is 0 Å². The van der Waals surface area contributed by atoms with Gasteiger partial charge in [-0.3, -0.25) is 4.79 Å². The maximum Gasteiger partial charge on any atom is 0.221 e. The second kappa shape index (κ2) is 5.17. The van der Waals surface area contributed by atoms with Crippen molar-refractivity contribution in [2.45, 2.75) is 64.0 Å². The van der Waals surface area contributed by atoms with Crippen molar-refractivity contribution in [2.75, 3.05) is 0 Å². The van der Waals surface area contributed by atoms with E-state index in [4.69, 9.17) is 5.73 Å². The number of carbonyl (C=O) groups excluding carboxylic acids is 1. The minimum absolute atomic E-state index is 0.0933. The first kappa shape index (κ1) is 11.9. The zero-order valence-electron chi connectivity index (χ0n) is 10.2. The van der Waals surface area contributed by atoms with Gasteiger partial charge < -0.3 is 11.1 Å². The Hall–Kier alpha value is -0.570. The van der Waals surface area contributed by atoms with E-state index in [0.717, 1.165) is 0 Å². The normalized spacial score (nSPS) is 25.4. The summed E-state index contributed by atoms with van der Waals surface area (Å²) >= 11 is 0. The molecule has 3 heteroatoms. The van der Waals surface area contributed by atoms with Gasteiger partial charge in [-0.1, -0.05) is 12.8 Å². The standard InChI is InChI=1S/C13H24N2O/c1-9(10-4-2-3-5-10)15-13(16)8-12(14)11-6-7-11/h9-12H,2-8,14H2,1H3,(H,15,16)/t9-,12?/m0/s1. The van der Waals surface area contributed by atoms with E-state index in [1.165, 1.54) is 38.5 Å². The van der Waals surface area contributed by atoms with Crippen LogP contribution in [0.3, 0.4) is 0 Å². The lowest BCUT2D eigenvalue weighted by Gasteiger charge is -2.21. The molecule has 0 aromatic carbocycles. The van der Waals surface area contributed by atoms with Gasteiger partial charge in [0.25, 0.3) is 0 Å². The van der Waals surface area contributed by atoms with Crippen LogP contribution in [0.25, 0.3) is 0 Å². The Morgan fingerprint density at radius 1 is 1.25 bits per heavy atom. The molecule has 0 bridgehead atoms. The molecule has 1 amide bonds. The number of amides is 1. The average Bonchev–Trinajstić information content (AvgIpc) is 2.93. The summed E-state index contributed by atoms with van der Waals surface area (Å²) in [6.45, 7) is 2.14. The van der Waals surface area contributed by atoms with Gasteiger partial charge in [-0.15, -0.1) is 0 Å². The topological polar surface area (TPSA) is 55.1 Å². The SMILES string of the molecule is C[C@H](NC(=O)CC(N)C1CC1)C1CCCC1. The average molecular weight is 224 g/mol. The lowest BCUT2D eigenvalue weighted by atomic mass is 9.99. The molecular formula is C13H24N2O. The van der Waals surface area contributed by atoms with E-state index in [1.54, 1.807) is 0 Å². The van der Waals surface area contributed by atoms with E-state index in [1.807, 2.05) is 0 Å². The Balaban J connectivity index is 1.68. The van der Waals surface area contributed by atoms with Crippen LogP contribution in [0.1, 0.15) is 51.9 Å². The van der Waals surface area contributed by atoms with Crippen LogP contribution < -0.4 is 11.1 Å². The maximum atomic E-state index is 11.8. The number of hydrogen-bond donors (Lipinski definition) is 2. The smallest absolute Gasteiger partial charge is 0.221 e. The lowest BCUT2D eigenvalue weighted by molar-refractivity contribution is -0.122. The van der Waals surface area contributed by atoms with Crippen LogP contribution in [0.2, 0.25) is 0 Å². The molecule has 2 aliphatic rings. The molecule has 92 valence electrons. The predicted molar refractivity (Wildman–Crippen MR) is 64.9 cm³/mol. The van der Waals surface area contributed by atoms with E-state index >= 15 is 0 Å². The molecule has 3 N–H and O–H groups in total. The molecule has 2 atom stereocenters. The zero-order valence-corrected chi connectivity index (χ0v) is 10.2. The van der Waals surface area contributed by atoms with E-state index in [0.29, 0.717) is 24.3 Å². The molecular weight excluding hydrogens is 200 g/mol. The first-order valence-electron chi connectivity index (χ1n) is 6.71. The van der Waals surface area contributed by atoms with Gasteiger partial charge in [0.1, 0.15) is 0 Å². The van der Waals surface area contributed by atoms with Crippen molar-refractivity contribution in [2.24, 2.45) is 17.6 Å². The summed E-state index contributed by atoms with van der Waals surface area (Å²) in [6, 6.07) is 0.428. The minimum Gasteiger partial charge on any atom is -0.353 e. The van der Waals surface area contributed by atoms with Crippen molar-refractivity contribution >= 4 is 5.91 Å². The van der Waals surface area contributed by atoms with Gasteiger partial charge in [0.05, 0.1) is 0 Å². The summed E-state index contributed by atoms with van der Waals surface area (Å²) in [5.41, 5.74) is 5.95. The molecule has 1 unspecified atom stereocenters. The molecule has 2 aliphatic carbocycles. The zero-order chi connectivity index (χ0) is 11.5. The van der Waals surface area contributed by atoms with Crippen molar-refractivity contribution in [1.29, 1.82) is 0 Å². The Morgan fingerprint density at radius 3 is 2.44 bits per heavy atom. The third kappa shape index (κ3) is 3.21. The van der Waals surface area contributed by atoms with Crippen molar-refractivity contribution in [3.8, 4) is 0 Å². The van der Waals surface area contributed by atoms with Gasteiger partial charge in [-0.2, -0.15) is 0 Å². The van der Waals surface area contributed by atoms with E-state index in [-0.39, 0.29) is 11.9 Å². The van der Waals surface area contributed by atoms with Crippen LogP contribution in [0.5, 0.6) is 0 Å². The van der Waals surface area contributed by atoms with Gasteiger partial charge >= 0.3 is 0 Å². The number of carbonyl (C=O) groups is 1. The van der Waals surface area contributed by atoms with Gasteiger partial charge in [0, 0.05) is 18.5 Å². The summed E-state index contributed by atoms with van der Waals surface area (Å²) in [5.74, 6) is 1.47. The fourth-order valence-corrected chi connectivity index (χ4v) is 2.79. The highest BCUT2D eigenvalue weighted by Crippen LogP contribution is 2.33. The summed E-state index contributed by atoms with van der Waals surface area (Å²) in [7, 11) is 0. The van der Waals surface area contributed by atoms with Crippen molar-refractivity contribution in [3.63, 3.8) is 0 Å². The molecule has 0 radical (unpaired) electrons. The highest BCUT2D eigenvalue weighted by Gasteiger charge is 2.30. The van der Waals surface area contributed by atoms with Gasteiger partial charge in [0.15, 0.2) is 0 Å². The molecule has 0 aromatic heterocycles. The summed E-state index contributed by atoms with van der Waals surface area (Å²) in [5, 5.41) is 3.12. The summed E-state index contributed by atoms with van der Waals surface area (Å²) in [6.07, 6.45) is 8.14.